The highest BCUT2D eigenvalue weighted by molar-refractivity contribution is 7.95. The number of benzene rings is 6. The van der Waals surface area contributed by atoms with E-state index in [1.165, 1.54) is 87.9 Å². The van der Waals surface area contributed by atoms with Gasteiger partial charge in [-0.2, -0.15) is 46.7 Å². The van der Waals surface area contributed by atoms with E-state index >= 15 is 0 Å². The summed E-state index contributed by atoms with van der Waals surface area (Å²) in [6, 6.07) is 20.0. The fourth-order valence-corrected chi connectivity index (χ4v) is 11.6. The van der Waals surface area contributed by atoms with Gasteiger partial charge in [0.1, 0.15) is 28.6 Å². The van der Waals surface area contributed by atoms with E-state index in [0.29, 0.717) is 24.1 Å². The lowest BCUT2D eigenvalue weighted by Gasteiger charge is -2.22. The summed E-state index contributed by atoms with van der Waals surface area (Å²) in [5.74, 6) is -2.46. The molecule has 540 valence electrons. The second kappa shape index (κ2) is 37.9. The Kier molecular flexibility index (Phi) is 29.1. The molecule has 2 heterocycles. The van der Waals surface area contributed by atoms with E-state index in [0.717, 1.165) is 20.3 Å². The van der Waals surface area contributed by atoms with Crippen molar-refractivity contribution in [3.05, 3.63) is 102 Å². The first-order chi connectivity index (χ1) is 48.8. The first-order valence-corrected chi connectivity index (χ1v) is 33.9. The lowest BCUT2D eigenvalue weighted by atomic mass is 10.1. The molecule has 0 atom stereocenters. The van der Waals surface area contributed by atoms with Crippen molar-refractivity contribution in [3.8, 4) is 11.5 Å². The predicted molar refractivity (Wildman–Crippen MR) is 360 cm³/mol. The molecule has 0 aliphatic heterocycles. The Bertz CT molecular complexity index is 4490. The number of aromatic hydroxyl groups is 2. The number of carbonyl (C=O) groups is 2. The molecule has 0 saturated carbocycles. The fraction of sp³-hybridized carbons (Fsp3) is 0.322. The lowest BCUT2D eigenvalue weighted by Crippen LogP contribution is -2.32. The maximum Gasteiger partial charge on any atom is 0.340 e. The molecule has 8 aromatic rings. The van der Waals surface area contributed by atoms with Crippen LogP contribution in [0.15, 0.2) is 125 Å². The van der Waals surface area contributed by atoms with Crippen molar-refractivity contribution < 1.29 is 107 Å². The normalized spacial score (nSPS) is 11.9. The van der Waals surface area contributed by atoms with Crippen molar-refractivity contribution in [1.82, 2.24) is 29.9 Å². The number of aryl methyl sites for hydroxylation is 1. The third-order valence-corrected chi connectivity index (χ3v) is 17.3. The van der Waals surface area contributed by atoms with Crippen LogP contribution in [0.4, 0.5) is 63.9 Å². The van der Waals surface area contributed by atoms with Crippen LogP contribution >= 0.6 is 24.1 Å². The zero-order chi connectivity index (χ0) is 72.5. The smallest absolute Gasteiger partial charge is 0.340 e. The van der Waals surface area contributed by atoms with Gasteiger partial charge >= 0.3 is 11.9 Å². The number of rotatable bonds is 41. The minimum Gasteiger partial charge on any atom is -0.505 e. The van der Waals surface area contributed by atoms with E-state index in [-0.39, 0.29) is 201 Å². The van der Waals surface area contributed by atoms with E-state index in [1.807, 2.05) is 0 Å². The molecule has 0 aliphatic carbocycles. The standard InChI is InChI=1S/C59H67N15O23S4/c1-34-62-55(66-57(63-34)64-43-32-37(100(81,82)89-6)28-35-30-45(98-96-94-87-4)49(51(77)47(35)43)72-70-41-14-10-8-12-39(41)53(79)85-2)60-16-22-91-24-26-93-27-25-92-23-17-61-56-67-58(69-59(68-56)74(18-20-75)19-21-76)65-44-33-38(101(83,84)90-7)29-36-31-46(99-97-95-88-5)50(52(78)48(36)44)73-71-42-15-11-9-13-40(42)54(80)86-3/h8-15,28-33,75-78H,16-27H2,1-7H3,(H2,60,62,63,64,66)(H2,61,65,67,68,69). The number of azo groups is 2. The number of phenolic OH excluding ortho intramolecular Hbond substituents is 2. The first kappa shape index (κ1) is 77.4. The number of aliphatic hydroxyl groups is 2. The minimum atomic E-state index is -4.43. The average molecular weight is 1480 g/mol. The van der Waals surface area contributed by atoms with Gasteiger partial charge in [0.2, 0.25) is 29.7 Å². The van der Waals surface area contributed by atoms with Gasteiger partial charge in [0.05, 0.1) is 162 Å². The van der Waals surface area contributed by atoms with Gasteiger partial charge in [0.25, 0.3) is 20.2 Å². The highest BCUT2D eigenvalue weighted by Gasteiger charge is 2.27. The molecule has 42 heteroatoms. The largest absolute Gasteiger partial charge is 0.505 e. The monoisotopic (exact) mass is 1480 g/mol. The van der Waals surface area contributed by atoms with Gasteiger partial charge in [0.15, 0.2) is 11.5 Å². The van der Waals surface area contributed by atoms with E-state index in [9.17, 15) is 46.9 Å². The van der Waals surface area contributed by atoms with Gasteiger partial charge in [0, 0.05) is 37.0 Å². The molecule has 6 aromatic carbocycles. The molecule has 8 N–H and O–H groups in total. The molecule has 2 aromatic heterocycles. The number of hydrogen-bond donors (Lipinski definition) is 8. The number of esters is 2. The second-order valence-corrected chi connectivity index (χ2v) is 24.8. The highest BCUT2D eigenvalue weighted by Crippen LogP contribution is 2.50. The molecule has 101 heavy (non-hydrogen) atoms. The number of carbonyl (C=O) groups excluding carboxylic acids is 2. The zero-order valence-electron chi connectivity index (χ0n) is 54.7. The van der Waals surface area contributed by atoms with Crippen molar-refractivity contribution >= 4 is 142 Å². The predicted octanol–water partition coefficient (Wildman–Crippen LogP) is 8.04. The molecule has 0 unspecified atom stereocenters. The van der Waals surface area contributed by atoms with Crippen LogP contribution in [-0.4, -0.2) is 201 Å². The third kappa shape index (κ3) is 20.9. The number of methoxy groups -OCH3 is 2. The van der Waals surface area contributed by atoms with E-state index in [4.69, 9.17) is 40.7 Å². The quantitative estimate of drug-likeness (QED) is 0.00341. The molecule has 0 bridgehead atoms. The Morgan fingerprint density at radius 1 is 0.525 bits per heavy atom. The van der Waals surface area contributed by atoms with Gasteiger partial charge in [-0.3, -0.25) is 8.37 Å². The summed E-state index contributed by atoms with van der Waals surface area (Å²) in [5.41, 5.74) is -0.255. The number of hydrogen-bond acceptors (Lipinski definition) is 40. The number of phenols is 2. The topological polar surface area (TPSA) is 481 Å². The van der Waals surface area contributed by atoms with Crippen LogP contribution in [0.2, 0.25) is 0 Å². The summed E-state index contributed by atoms with van der Waals surface area (Å²) in [5, 5.41) is 82.4. The zero-order valence-corrected chi connectivity index (χ0v) is 57.9. The Labute approximate surface area is 584 Å². The van der Waals surface area contributed by atoms with Gasteiger partial charge in [-0.25, -0.2) is 19.4 Å². The van der Waals surface area contributed by atoms with Gasteiger partial charge in [-0.1, -0.05) is 34.3 Å². The Morgan fingerprint density at radius 3 is 1.36 bits per heavy atom. The molecular weight excluding hydrogens is 1410 g/mol. The first-order valence-electron chi connectivity index (χ1n) is 29.6. The number of nitrogens with one attached hydrogen (secondary N) is 4. The van der Waals surface area contributed by atoms with Crippen molar-refractivity contribution in [2.75, 3.05) is 148 Å². The molecule has 0 spiro atoms. The maximum atomic E-state index is 13.3. The van der Waals surface area contributed by atoms with Crippen LogP contribution in [-0.2, 0) is 80.8 Å². The summed E-state index contributed by atoms with van der Waals surface area (Å²) < 4.78 is 99.7. The Morgan fingerprint density at radius 2 is 0.931 bits per heavy atom. The molecule has 0 amide bonds. The number of fused-ring (bicyclic) bond motifs is 2. The van der Waals surface area contributed by atoms with Gasteiger partial charge in [-0.15, -0.1) is 29.1 Å². The van der Waals surface area contributed by atoms with Crippen molar-refractivity contribution in [2.24, 2.45) is 20.5 Å². The van der Waals surface area contributed by atoms with Gasteiger partial charge in [-0.05, 0) is 78.4 Å². The highest BCUT2D eigenvalue weighted by atomic mass is 32.2. The van der Waals surface area contributed by atoms with Gasteiger partial charge < -0.3 is 70.3 Å². The molecule has 0 aliphatic rings. The molecular formula is C59H67N15O23S4. The van der Waals surface area contributed by atoms with Crippen LogP contribution in [0.5, 0.6) is 11.5 Å². The summed E-state index contributed by atoms with van der Waals surface area (Å²) in [7, 11) is -2.07. The van der Waals surface area contributed by atoms with E-state index in [2.05, 4.69) is 91.5 Å². The molecule has 0 saturated heterocycles. The van der Waals surface area contributed by atoms with Crippen molar-refractivity contribution in [3.63, 3.8) is 0 Å². The molecule has 38 nitrogen and oxygen atoms in total. The molecule has 0 radical (unpaired) electrons. The van der Waals surface area contributed by atoms with E-state index in [1.54, 1.807) is 31.2 Å². The summed E-state index contributed by atoms with van der Waals surface area (Å²) in [4.78, 5) is 61.8. The second-order valence-electron chi connectivity index (χ2n) is 19.9. The Balaban J connectivity index is 0.890. The van der Waals surface area contributed by atoms with Crippen LogP contribution in [0.1, 0.15) is 26.5 Å². The minimum absolute atomic E-state index is 0.0160. The number of aliphatic hydroxyl groups excluding tert-OH is 2. The SMILES string of the molecule is COOOSc1cc2cc(S(=O)(=O)OC)cc(Nc3nc(C)nc(NCCOCCOCCOCCNc4nc(Nc5cc(S(=O)(=O)OC)cc6cc(SOOOC)c(N=Nc7ccccc7C(=O)OC)c(O)c56)nc(N(CCO)CCO)n4)n3)c2c(O)c1N=Nc1ccccc1C(=O)OC. The number of aromatic nitrogens is 6. The number of nitrogens with zero attached hydrogens (tertiary/aromatic N) is 11. The summed E-state index contributed by atoms with van der Waals surface area (Å²) in [6.45, 7) is 2.21. The third-order valence-electron chi connectivity index (χ3n) is 13.5. The summed E-state index contributed by atoms with van der Waals surface area (Å²) >= 11 is 1.06. The average Bonchev–Trinajstić information content (AvgIpc) is 0.761. The lowest BCUT2D eigenvalue weighted by molar-refractivity contribution is -0.447. The summed E-state index contributed by atoms with van der Waals surface area (Å²) in [6.07, 6.45) is 0. The molecule has 8 rings (SSSR count). The van der Waals surface area contributed by atoms with Crippen molar-refractivity contribution in [1.29, 1.82) is 0 Å². The van der Waals surface area contributed by atoms with Crippen LogP contribution < -0.4 is 26.2 Å². The van der Waals surface area contributed by atoms with Crippen molar-refractivity contribution in [2.45, 2.75) is 26.5 Å². The van der Waals surface area contributed by atoms with Crippen LogP contribution in [0, 0.1) is 6.92 Å². The number of ether oxygens (including phenoxy) is 5. The van der Waals surface area contributed by atoms with E-state index < -0.39 is 43.7 Å². The fourth-order valence-electron chi connectivity index (χ4n) is 9.03. The van der Waals surface area contributed by atoms with Crippen LogP contribution in [0.25, 0.3) is 21.5 Å². The number of anilines is 7. The van der Waals surface area contributed by atoms with Crippen LogP contribution in [0.3, 0.4) is 0 Å². The Hall–Kier alpha value is -9.32. The molecule has 0 fully saturated rings. The maximum absolute atomic E-state index is 13.3.